The molecule has 35 heavy (non-hydrogen) atoms. The molecular weight excluding hydrogens is 477 g/mol. The Morgan fingerprint density at radius 2 is 2.06 bits per heavy atom. The number of carbonyl (C=O) groups is 1. The van der Waals surface area contributed by atoms with Gasteiger partial charge >= 0.3 is 6.18 Å². The van der Waals surface area contributed by atoms with E-state index in [0.717, 1.165) is 48.5 Å². The summed E-state index contributed by atoms with van der Waals surface area (Å²) in [6.45, 7) is 3.82. The predicted molar refractivity (Wildman–Crippen MR) is 130 cm³/mol. The van der Waals surface area contributed by atoms with Crippen LogP contribution in [-0.2, 0) is 11.0 Å². The molecule has 1 amide bonds. The minimum atomic E-state index is -4.51. The molecular formula is C26H26ClF3N4O. The van der Waals surface area contributed by atoms with Crippen molar-refractivity contribution < 1.29 is 18.0 Å². The number of nitrogens with zero attached hydrogens (tertiary/aromatic N) is 3. The van der Waals surface area contributed by atoms with Gasteiger partial charge in [0.1, 0.15) is 0 Å². The summed E-state index contributed by atoms with van der Waals surface area (Å²) in [5, 5.41) is 3.31. The highest BCUT2D eigenvalue weighted by Gasteiger charge is 2.35. The Kier molecular flexibility index (Phi) is 6.36. The van der Waals surface area contributed by atoms with Gasteiger partial charge in [-0.15, -0.1) is 0 Å². The number of hydrogen-bond acceptors (Lipinski definition) is 3. The van der Waals surface area contributed by atoms with Crippen LogP contribution in [0.4, 0.5) is 13.2 Å². The fourth-order valence-corrected chi connectivity index (χ4v) is 5.24. The number of halogens is 4. The molecule has 1 unspecified atom stereocenters. The fraction of sp³-hybridized carbons (Fsp3) is 0.385. The number of nitrogens with one attached hydrogen (secondary N) is 1. The Morgan fingerprint density at radius 3 is 2.74 bits per heavy atom. The Bertz CT molecular complexity index is 1290. The van der Waals surface area contributed by atoms with E-state index in [0.29, 0.717) is 18.6 Å². The van der Waals surface area contributed by atoms with Crippen LogP contribution in [0.1, 0.15) is 48.9 Å². The number of carbonyl (C=O) groups excluding carboxylic acids is 1. The van der Waals surface area contributed by atoms with E-state index in [9.17, 15) is 18.0 Å². The van der Waals surface area contributed by atoms with Crippen molar-refractivity contribution in [2.24, 2.45) is 0 Å². The van der Waals surface area contributed by atoms with Gasteiger partial charge < -0.3 is 14.8 Å². The first-order valence-corrected chi connectivity index (χ1v) is 12.1. The molecule has 0 aliphatic carbocycles. The average molecular weight is 503 g/mol. The van der Waals surface area contributed by atoms with Crippen molar-refractivity contribution in [1.29, 1.82) is 0 Å². The lowest BCUT2D eigenvalue weighted by Crippen LogP contribution is -2.45. The fourth-order valence-electron chi connectivity index (χ4n) is 5.07. The topological polar surface area (TPSA) is 50.2 Å². The molecule has 0 radical (unpaired) electrons. The second-order valence-corrected chi connectivity index (χ2v) is 9.61. The zero-order valence-electron chi connectivity index (χ0n) is 19.3. The second-order valence-electron chi connectivity index (χ2n) is 9.17. The number of amides is 1. The number of aromatic nitrogens is 2. The van der Waals surface area contributed by atoms with Gasteiger partial charge in [0.2, 0.25) is 5.91 Å². The van der Waals surface area contributed by atoms with Crippen LogP contribution < -0.4 is 5.32 Å². The minimum absolute atomic E-state index is 0.0477. The van der Waals surface area contributed by atoms with Gasteiger partial charge in [-0.25, -0.2) is 4.98 Å². The van der Waals surface area contributed by atoms with Gasteiger partial charge in [-0.05, 0) is 73.7 Å². The van der Waals surface area contributed by atoms with Crippen LogP contribution in [0.5, 0.6) is 0 Å². The van der Waals surface area contributed by atoms with Crippen molar-refractivity contribution in [2.45, 2.75) is 44.4 Å². The van der Waals surface area contributed by atoms with E-state index in [1.807, 2.05) is 23.1 Å². The van der Waals surface area contributed by atoms with E-state index in [2.05, 4.69) is 16.4 Å². The number of fused-ring (bicyclic) bond motifs is 1. The van der Waals surface area contributed by atoms with E-state index in [-0.39, 0.29) is 22.5 Å². The van der Waals surface area contributed by atoms with E-state index < -0.39 is 17.8 Å². The van der Waals surface area contributed by atoms with Crippen molar-refractivity contribution in [3.05, 3.63) is 70.5 Å². The van der Waals surface area contributed by atoms with E-state index in [4.69, 9.17) is 11.6 Å². The maximum atomic E-state index is 13.7. The van der Waals surface area contributed by atoms with Crippen LogP contribution in [0, 0.1) is 0 Å². The van der Waals surface area contributed by atoms with Crippen LogP contribution in [0.2, 0.25) is 5.02 Å². The number of benzene rings is 2. The second kappa shape index (κ2) is 9.32. The summed E-state index contributed by atoms with van der Waals surface area (Å²) in [4.78, 5) is 19.0. The molecule has 0 bridgehead atoms. The number of hydrogen-bond donors (Lipinski definition) is 1. The van der Waals surface area contributed by atoms with Crippen LogP contribution in [0.15, 0.2) is 48.8 Å². The monoisotopic (exact) mass is 502 g/mol. The molecule has 3 aromatic rings. The van der Waals surface area contributed by atoms with Crippen LogP contribution >= 0.6 is 11.6 Å². The largest absolute Gasteiger partial charge is 0.416 e. The molecule has 0 saturated carbocycles. The number of alkyl halides is 3. The first kappa shape index (κ1) is 23.9. The first-order valence-electron chi connectivity index (χ1n) is 11.8. The molecule has 1 saturated heterocycles. The lowest BCUT2D eigenvalue weighted by atomic mass is 9.98. The lowest BCUT2D eigenvalue weighted by molar-refractivity contribution is -0.138. The van der Waals surface area contributed by atoms with Crippen molar-refractivity contribution in [3.8, 4) is 0 Å². The van der Waals surface area contributed by atoms with Gasteiger partial charge in [0.15, 0.2) is 0 Å². The number of imidazole rings is 1. The van der Waals surface area contributed by atoms with Gasteiger partial charge in [0, 0.05) is 18.1 Å². The first-order chi connectivity index (χ1) is 16.7. The highest BCUT2D eigenvalue weighted by atomic mass is 35.5. The van der Waals surface area contributed by atoms with Gasteiger partial charge in [-0.2, -0.15) is 13.2 Å². The van der Waals surface area contributed by atoms with Gasteiger partial charge in [0.25, 0.3) is 0 Å². The van der Waals surface area contributed by atoms with Crippen LogP contribution in [0.25, 0.3) is 16.6 Å². The van der Waals surface area contributed by atoms with E-state index >= 15 is 0 Å². The molecule has 2 atom stereocenters. The maximum Gasteiger partial charge on any atom is 0.416 e. The Hall–Kier alpha value is -2.84. The summed E-state index contributed by atoms with van der Waals surface area (Å²) in [6, 6.07) is 9.05. The summed E-state index contributed by atoms with van der Waals surface area (Å²) in [5.41, 5.74) is 2.98. The molecule has 2 aromatic carbocycles. The Morgan fingerprint density at radius 1 is 1.23 bits per heavy atom. The van der Waals surface area contributed by atoms with Crippen molar-refractivity contribution in [1.82, 2.24) is 19.8 Å². The molecule has 5 nitrogen and oxygen atoms in total. The molecule has 2 aliphatic heterocycles. The molecule has 1 N–H and O–H groups in total. The molecule has 3 heterocycles. The molecule has 2 aliphatic rings. The summed E-state index contributed by atoms with van der Waals surface area (Å²) in [5.74, 6) is 0.156. The molecule has 1 aromatic heterocycles. The summed E-state index contributed by atoms with van der Waals surface area (Å²) in [6.07, 6.45) is 1.77. The molecule has 9 heteroatoms. The highest BCUT2D eigenvalue weighted by molar-refractivity contribution is 6.30. The summed E-state index contributed by atoms with van der Waals surface area (Å²) >= 11 is 5.87. The SMILES string of the molecule is C[C@H](c1ccc(Cl)cc1C(F)(F)F)n1cnc2ccc(C3=CCN(C(=O)C4CCCN4)CC3)cc21. The highest BCUT2D eigenvalue weighted by Crippen LogP contribution is 2.38. The Balaban J connectivity index is 1.43. The van der Waals surface area contributed by atoms with Gasteiger partial charge in [0.05, 0.1) is 35.0 Å². The van der Waals surface area contributed by atoms with Crippen molar-refractivity contribution in [3.63, 3.8) is 0 Å². The third-order valence-corrected chi connectivity index (χ3v) is 7.25. The zero-order valence-corrected chi connectivity index (χ0v) is 20.0. The summed E-state index contributed by atoms with van der Waals surface area (Å²) < 4.78 is 42.9. The van der Waals surface area contributed by atoms with E-state index in [1.165, 1.54) is 12.1 Å². The third kappa shape index (κ3) is 4.69. The number of rotatable bonds is 4. The van der Waals surface area contributed by atoms with Crippen LogP contribution in [0.3, 0.4) is 0 Å². The zero-order chi connectivity index (χ0) is 24.7. The lowest BCUT2D eigenvalue weighted by Gasteiger charge is -2.29. The minimum Gasteiger partial charge on any atom is -0.337 e. The normalized spacial score (nSPS) is 19.7. The summed E-state index contributed by atoms with van der Waals surface area (Å²) in [7, 11) is 0. The predicted octanol–water partition coefficient (Wildman–Crippen LogP) is 5.69. The van der Waals surface area contributed by atoms with Crippen LogP contribution in [-0.4, -0.2) is 46.0 Å². The molecule has 5 rings (SSSR count). The Labute approximate surface area is 206 Å². The van der Waals surface area contributed by atoms with E-state index in [1.54, 1.807) is 17.8 Å². The molecule has 0 spiro atoms. The molecule has 1 fully saturated rings. The van der Waals surface area contributed by atoms with Gasteiger partial charge in [-0.1, -0.05) is 29.8 Å². The van der Waals surface area contributed by atoms with Crippen molar-refractivity contribution in [2.75, 3.05) is 19.6 Å². The smallest absolute Gasteiger partial charge is 0.337 e. The third-order valence-electron chi connectivity index (χ3n) is 7.01. The standard InChI is InChI=1S/C26H26ClF3N4O/c1-16(20-6-5-19(27)14-21(20)26(28,29)30)34-15-32-22-7-4-18(13-24(22)34)17-8-11-33(12-9-17)25(35)23-3-2-10-31-23/h4-8,13-16,23,31H,2-3,9-12H2,1H3/t16-,23?/m1/s1. The quantitative estimate of drug-likeness (QED) is 0.499. The maximum absolute atomic E-state index is 13.7. The average Bonchev–Trinajstić information content (AvgIpc) is 3.53. The van der Waals surface area contributed by atoms with Gasteiger partial charge in [-0.3, -0.25) is 4.79 Å². The van der Waals surface area contributed by atoms with Crippen molar-refractivity contribution >= 4 is 34.1 Å². The molecule has 184 valence electrons.